The Morgan fingerprint density at radius 1 is 0.500 bits per heavy atom. The molecular weight excluding hydrogens is 433 g/mol. The molecule has 0 aliphatic heterocycles. The molecule has 0 bridgehead atoms. The van der Waals surface area contributed by atoms with Crippen molar-refractivity contribution in [3.8, 4) is 0 Å². The Kier molecular flexibility index (Phi) is 2.80. The quantitative estimate of drug-likeness (QED) is 0.219. The van der Waals surface area contributed by atoms with Crippen molar-refractivity contribution in [1.82, 2.24) is 0 Å². The first-order valence-corrected chi connectivity index (χ1v) is 13.3. The van der Waals surface area contributed by atoms with Gasteiger partial charge in [-0.3, -0.25) is 0 Å². The number of rotatable bonds is 0. The summed E-state index contributed by atoms with van der Waals surface area (Å²) >= 11 is 11.8. The molecule has 7 aromatic rings. The van der Waals surface area contributed by atoms with Crippen LogP contribution in [0.3, 0.4) is 0 Å². The number of aryl methyl sites for hydroxylation is 2. The van der Waals surface area contributed by atoms with Gasteiger partial charge in [-0.2, -0.15) is 0 Å². The fourth-order valence-electron chi connectivity index (χ4n) is 4.07. The number of thiophene rings is 6. The van der Waals surface area contributed by atoms with Crippen LogP contribution < -0.4 is 0 Å². The highest BCUT2D eigenvalue weighted by Crippen LogP contribution is 2.54. The van der Waals surface area contributed by atoms with Crippen molar-refractivity contribution in [2.24, 2.45) is 0 Å². The number of fused-ring (bicyclic) bond motifs is 10. The lowest BCUT2D eigenvalue weighted by Gasteiger charge is -2.04. The normalized spacial score (nSPS) is 13.0. The summed E-state index contributed by atoms with van der Waals surface area (Å²) in [6.07, 6.45) is 0. The summed E-state index contributed by atoms with van der Waals surface area (Å²) < 4.78 is 14.9. The summed E-state index contributed by atoms with van der Waals surface area (Å²) in [6.45, 7) is 4.69. The minimum Gasteiger partial charge on any atom is -0.141 e. The Bertz CT molecular complexity index is 1530. The smallest absolute Gasteiger partial charge is 0.0642 e. The fourth-order valence-corrected chi connectivity index (χ4v) is 12.3. The molecule has 6 aromatic heterocycles. The third kappa shape index (κ3) is 1.61. The zero-order valence-corrected chi connectivity index (χ0v) is 18.7. The molecule has 0 N–H and O–H groups in total. The highest BCUT2D eigenvalue weighted by atomic mass is 32.1. The van der Waals surface area contributed by atoms with Crippen molar-refractivity contribution in [2.45, 2.75) is 13.8 Å². The number of benzene rings is 1. The molecule has 0 saturated heterocycles. The molecule has 0 nitrogen and oxygen atoms in total. The Morgan fingerprint density at radius 3 is 1.42 bits per heavy atom. The summed E-state index contributed by atoms with van der Waals surface area (Å²) in [7, 11) is 0. The van der Waals surface area contributed by atoms with E-state index in [2.05, 4.69) is 36.7 Å². The van der Waals surface area contributed by atoms with Crippen LogP contribution in [0.25, 0.3) is 57.8 Å². The molecule has 0 saturated carbocycles. The molecule has 7 rings (SSSR count). The second-order valence-corrected chi connectivity index (χ2v) is 12.6. The Morgan fingerprint density at radius 2 is 0.962 bits per heavy atom. The van der Waals surface area contributed by atoms with E-state index < -0.39 is 0 Å². The van der Waals surface area contributed by atoms with Crippen LogP contribution in [0.4, 0.5) is 0 Å². The second-order valence-electron chi connectivity index (χ2n) is 6.61. The van der Waals surface area contributed by atoms with Gasteiger partial charge in [0.15, 0.2) is 0 Å². The molecule has 6 heteroatoms. The van der Waals surface area contributed by atoms with Gasteiger partial charge in [0, 0.05) is 29.6 Å². The third-order valence-corrected chi connectivity index (χ3v) is 12.9. The molecule has 0 aliphatic carbocycles. The molecule has 0 aliphatic rings. The van der Waals surface area contributed by atoms with Crippen molar-refractivity contribution >= 4 is 126 Å². The predicted octanol–water partition coefficient (Wildman–Crippen LogP) is 9.59. The molecule has 6 heterocycles. The minimum atomic E-state index is 1.45. The van der Waals surface area contributed by atoms with Gasteiger partial charge in [0.1, 0.15) is 0 Å². The second kappa shape index (κ2) is 4.87. The predicted molar refractivity (Wildman–Crippen MR) is 128 cm³/mol. The van der Waals surface area contributed by atoms with Gasteiger partial charge in [-0.05, 0) is 47.9 Å². The first kappa shape index (κ1) is 15.0. The van der Waals surface area contributed by atoms with Gasteiger partial charge in [0.05, 0.1) is 28.2 Å². The molecule has 26 heavy (non-hydrogen) atoms. The van der Waals surface area contributed by atoms with Crippen LogP contribution in [0, 0.1) is 13.8 Å². The topological polar surface area (TPSA) is 0 Å². The average Bonchev–Trinajstić information content (AvgIpc) is 3.38. The van der Waals surface area contributed by atoms with Crippen LogP contribution in [0.5, 0.6) is 0 Å². The zero-order chi connectivity index (χ0) is 17.2. The van der Waals surface area contributed by atoms with Gasteiger partial charge in [-0.1, -0.05) is 0 Å². The Labute approximate surface area is 172 Å². The molecular formula is C20H10S6. The largest absolute Gasteiger partial charge is 0.141 e. The number of hydrogen-bond acceptors (Lipinski definition) is 6. The molecule has 0 amide bonds. The van der Waals surface area contributed by atoms with Crippen molar-refractivity contribution in [1.29, 1.82) is 0 Å². The van der Waals surface area contributed by atoms with E-state index in [1.807, 2.05) is 68.0 Å². The van der Waals surface area contributed by atoms with Crippen LogP contribution >= 0.6 is 68.0 Å². The highest BCUT2D eigenvalue weighted by molar-refractivity contribution is 7.42. The summed E-state index contributed by atoms with van der Waals surface area (Å²) in [5, 5.41) is 7.48. The van der Waals surface area contributed by atoms with Crippen LogP contribution in [0.15, 0.2) is 22.9 Å². The van der Waals surface area contributed by atoms with Crippen LogP contribution in [0.1, 0.15) is 11.1 Å². The third-order valence-electron chi connectivity index (χ3n) is 5.25. The molecule has 0 unspecified atom stereocenters. The van der Waals surface area contributed by atoms with E-state index in [9.17, 15) is 0 Å². The van der Waals surface area contributed by atoms with Gasteiger partial charge < -0.3 is 0 Å². The van der Waals surface area contributed by atoms with E-state index in [0.29, 0.717) is 0 Å². The van der Waals surface area contributed by atoms with E-state index in [-0.39, 0.29) is 0 Å². The molecule has 0 spiro atoms. The molecule has 0 radical (unpaired) electrons. The maximum atomic E-state index is 2.34. The molecule has 0 atom stereocenters. The lowest BCUT2D eigenvalue weighted by Crippen LogP contribution is -1.80. The van der Waals surface area contributed by atoms with E-state index in [1.165, 1.54) is 68.9 Å². The van der Waals surface area contributed by atoms with Crippen molar-refractivity contribution < 1.29 is 0 Å². The van der Waals surface area contributed by atoms with Gasteiger partial charge in [-0.25, -0.2) is 0 Å². The first-order valence-electron chi connectivity index (χ1n) is 8.26. The van der Waals surface area contributed by atoms with Crippen molar-refractivity contribution in [3.63, 3.8) is 0 Å². The zero-order valence-electron chi connectivity index (χ0n) is 13.8. The van der Waals surface area contributed by atoms with E-state index >= 15 is 0 Å². The average molecular weight is 443 g/mol. The van der Waals surface area contributed by atoms with E-state index in [4.69, 9.17) is 0 Å². The van der Waals surface area contributed by atoms with Crippen LogP contribution in [-0.4, -0.2) is 0 Å². The van der Waals surface area contributed by atoms with Crippen LogP contribution in [-0.2, 0) is 0 Å². The standard InChI is InChI=1S/C20H10S6/c1-7-11-14(26-19-15-9(3-5-21-15)23-17(11)19)8(2)12-13(7)25-20-16-10(4-6-22-16)24-18(12)20/h3-6H,1-2H3. The van der Waals surface area contributed by atoms with Gasteiger partial charge >= 0.3 is 0 Å². The van der Waals surface area contributed by atoms with Gasteiger partial charge in [0.25, 0.3) is 0 Å². The summed E-state index contributed by atoms with van der Waals surface area (Å²) in [5.41, 5.74) is 2.97. The summed E-state index contributed by atoms with van der Waals surface area (Å²) in [5.74, 6) is 0. The SMILES string of the molecule is Cc1c2sc3c4sccc4sc3c2c(C)c2sc3c4sccc4sc3c12. The fraction of sp³-hybridized carbons (Fsp3) is 0.100. The first-order chi connectivity index (χ1) is 12.7. The Hall–Kier alpha value is -1.02. The van der Waals surface area contributed by atoms with Gasteiger partial charge in [-0.15, -0.1) is 68.0 Å². The van der Waals surface area contributed by atoms with E-state index in [1.54, 1.807) is 0 Å². The minimum absolute atomic E-state index is 1.45. The lowest BCUT2D eigenvalue weighted by atomic mass is 10.0. The maximum Gasteiger partial charge on any atom is 0.0642 e. The summed E-state index contributed by atoms with van der Waals surface area (Å²) in [4.78, 5) is 0. The molecule has 126 valence electrons. The summed E-state index contributed by atoms with van der Waals surface area (Å²) in [6, 6.07) is 4.55. The highest BCUT2D eigenvalue weighted by Gasteiger charge is 2.22. The van der Waals surface area contributed by atoms with Crippen molar-refractivity contribution in [3.05, 3.63) is 34.0 Å². The lowest BCUT2D eigenvalue weighted by molar-refractivity contribution is 1.59. The van der Waals surface area contributed by atoms with Crippen LogP contribution in [0.2, 0.25) is 0 Å². The van der Waals surface area contributed by atoms with Gasteiger partial charge in [0.2, 0.25) is 0 Å². The maximum absolute atomic E-state index is 2.34. The monoisotopic (exact) mass is 442 g/mol. The van der Waals surface area contributed by atoms with E-state index in [0.717, 1.165) is 0 Å². The molecule has 1 aromatic carbocycles. The molecule has 0 fully saturated rings. The number of hydrogen-bond donors (Lipinski definition) is 0. The van der Waals surface area contributed by atoms with Crippen molar-refractivity contribution in [2.75, 3.05) is 0 Å². The Balaban J connectivity index is 1.78.